The molecule has 16 heteroatoms. The average Bonchev–Trinajstić information content (AvgIpc) is 3.32. The number of piperidine rings is 1. The van der Waals surface area contributed by atoms with Crippen molar-refractivity contribution in [2.24, 2.45) is 5.92 Å². The highest BCUT2D eigenvalue weighted by molar-refractivity contribution is 7.80. The van der Waals surface area contributed by atoms with Crippen molar-refractivity contribution in [3.8, 4) is 6.07 Å². The van der Waals surface area contributed by atoms with Crippen LogP contribution in [0.1, 0.15) is 88.6 Å². The summed E-state index contributed by atoms with van der Waals surface area (Å²) in [6, 6.07) is 10.3. The Morgan fingerprint density at radius 1 is 1.05 bits per heavy atom. The Labute approximate surface area is 336 Å². The Bertz CT molecular complexity index is 1920. The van der Waals surface area contributed by atoms with Crippen molar-refractivity contribution in [3.63, 3.8) is 0 Å². The Kier molecular flexibility index (Phi) is 12.8. The zero-order chi connectivity index (χ0) is 41.2. The van der Waals surface area contributed by atoms with Gasteiger partial charge in [0.25, 0.3) is 5.91 Å². The Balaban J connectivity index is 0.943. The van der Waals surface area contributed by atoms with Crippen molar-refractivity contribution in [2.45, 2.75) is 115 Å². The van der Waals surface area contributed by atoms with Crippen LogP contribution in [0.3, 0.4) is 0 Å². The summed E-state index contributed by atoms with van der Waals surface area (Å²) in [4.78, 5) is 61.8. The molecule has 57 heavy (non-hydrogen) atoms. The van der Waals surface area contributed by atoms with E-state index < -0.39 is 28.9 Å². The highest BCUT2D eigenvalue weighted by Crippen LogP contribution is 2.40. The van der Waals surface area contributed by atoms with Crippen LogP contribution in [0.25, 0.3) is 0 Å². The van der Waals surface area contributed by atoms with Gasteiger partial charge in [-0.15, -0.1) is 0 Å². The number of carbonyl (C=O) groups is 4. The van der Waals surface area contributed by atoms with E-state index in [-0.39, 0.29) is 58.5 Å². The number of amides is 3. The highest BCUT2D eigenvalue weighted by atomic mass is 32.1. The smallest absolute Gasteiger partial charge is 0.377 e. The molecule has 3 atom stereocenters. The molecule has 4 heterocycles. The topological polar surface area (TPSA) is 139 Å². The number of nitrogens with zero attached hydrogens (tertiary/aromatic N) is 6. The molecule has 12 nitrogen and oxygen atoms in total. The quantitative estimate of drug-likeness (QED) is 0.234. The van der Waals surface area contributed by atoms with Gasteiger partial charge in [0.1, 0.15) is 11.6 Å². The second-order valence-corrected chi connectivity index (χ2v) is 16.7. The van der Waals surface area contributed by atoms with Crippen LogP contribution < -0.4 is 10.2 Å². The van der Waals surface area contributed by atoms with E-state index in [2.05, 4.69) is 33.9 Å². The predicted molar refractivity (Wildman–Crippen MR) is 209 cm³/mol. The van der Waals surface area contributed by atoms with Crippen molar-refractivity contribution < 1.29 is 37.1 Å². The SMILES string of the molecule is C[C@@H]1CN(CCOC2CCC(N3C(=S)N(c4cnc(C#N)c(C(F)(F)F)c4)C(=O)C3(C)C)CC2)C[C@H](C)N1CC(=O)Cc1cccc(C[C@H]2CCC(=O)NC2=O)c1. The molecular formula is C41H50F3N7O5S. The van der Waals surface area contributed by atoms with E-state index in [0.29, 0.717) is 51.7 Å². The summed E-state index contributed by atoms with van der Waals surface area (Å²) < 4.78 is 47.4. The van der Waals surface area contributed by atoms with Gasteiger partial charge in [-0.25, -0.2) is 4.98 Å². The molecule has 0 spiro atoms. The van der Waals surface area contributed by atoms with Gasteiger partial charge >= 0.3 is 6.18 Å². The van der Waals surface area contributed by atoms with Gasteiger partial charge in [-0.05, 0) is 95.6 Å². The fraction of sp³-hybridized carbons (Fsp3) is 0.585. The molecule has 0 bridgehead atoms. The number of ether oxygens (including phenoxy) is 1. The Hall–Kier alpha value is -4.30. The predicted octanol–water partition coefficient (Wildman–Crippen LogP) is 4.81. The number of Topliss-reactive ketones (excluding diaryl/α,β-unsaturated/α-hetero) is 1. The Morgan fingerprint density at radius 3 is 2.39 bits per heavy atom. The van der Waals surface area contributed by atoms with E-state index in [1.54, 1.807) is 13.8 Å². The zero-order valence-corrected chi connectivity index (χ0v) is 33.6. The molecule has 2 aromatic rings. The normalized spacial score (nSPS) is 26.1. The maximum Gasteiger partial charge on any atom is 0.419 e. The fourth-order valence-corrected chi connectivity index (χ4v) is 9.45. The monoisotopic (exact) mass is 809 g/mol. The van der Waals surface area contributed by atoms with Crippen molar-refractivity contribution in [1.29, 1.82) is 5.26 Å². The molecule has 1 aromatic carbocycles. The van der Waals surface area contributed by atoms with Crippen LogP contribution in [0.15, 0.2) is 36.5 Å². The molecular weight excluding hydrogens is 760 g/mol. The van der Waals surface area contributed by atoms with Crippen LogP contribution in [-0.4, -0.2) is 111 Å². The number of nitriles is 1. The third-order valence-corrected chi connectivity index (χ3v) is 12.2. The van der Waals surface area contributed by atoms with E-state index in [4.69, 9.17) is 22.2 Å². The van der Waals surface area contributed by atoms with Gasteiger partial charge in [-0.1, -0.05) is 24.3 Å². The van der Waals surface area contributed by atoms with Gasteiger partial charge in [0.05, 0.1) is 36.7 Å². The number of piperazine rings is 1. The number of rotatable bonds is 12. The number of carbonyl (C=O) groups excluding carboxylic acids is 4. The highest BCUT2D eigenvalue weighted by Gasteiger charge is 2.53. The lowest BCUT2D eigenvalue weighted by Crippen LogP contribution is -2.58. The average molecular weight is 810 g/mol. The van der Waals surface area contributed by atoms with Crippen LogP contribution in [0.5, 0.6) is 0 Å². The lowest BCUT2D eigenvalue weighted by molar-refractivity contribution is -0.138. The molecule has 306 valence electrons. The molecule has 0 radical (unpaired) electrons. The summed E-state index contributed by atoms with van der Waals surface area (Å²) in [5.41, 5.74) is -1.29. The molecule has 1 aromatic heterocycles. The van der Waals surface area contributed by atoms with Gasteiger partial charge in [-0.2, -0.15) is 18.4 Å². The summed E-state index contributed by atoms with van der Waals surface area (Å²) in [7, 11) is 0. The van der Waals surface area contributed by atoms with Crippen LogP contribution in [0.4, 0.5) is 18.9 Å². The van der Waals surface area contributed by atoms with Crippen molar-refractivity contribution in [1.82, 2.24) is 25.0 Å². The number of aromatic nitrogens is 1. The molecule has 0 unspecified atom stereocenters. The second kappa shape index (κ2) is 17.3. The third-order valence-electron chi connectivity index (χ3n) is 11.8. The molecule has 6 rings (SSSR count). The van der Waals surface area contributed by atoms with E-state index in [1.807, 2.05) is 29.2 Å². The third kappa shape index (κ3) is 9.54. The van der Waals surface area contributed by atoms with E-state index >= 15 is 0 Å². The van der Waals surface area contributed by atoms with Crippen molar-refractivity contribution in [2.75, 3.05) is 37.7 Å². The van der Waals surface area contributed by atoms with E-state index in [9.17, 15) is 32.3 Å². The standard InChI is InChI=1S/C41H50F3N7O5S/c1-25-22-48(23-26(2)49(25)24-32(52)18-28-7-5-6-27(16-28)17-29-8-13-36(53)47-37(29)54)14-15-56-33-11-9-30(10-12-33)51-39(57)50(38(55)40(51,3)4)31-19-34(41(42,43)44)35(20-45)46-21-31/h5-7,16,19,21,25-26,29-30,33H,8-15,17-18,22-24H2,1-4H3,(H,47,53,54)/t25-,26+,29-,30?,33?/m1/s1. The lowest BCUT2D eigenvalue weighted by Gasteiger charge is -2.44. The Morgan fingerprint density at radius 2 is 1.74 bits per heavy atom. The van der Waals surface area contributed by atoms with Crippen molar-refractivity contribution >= 4 is 46.5 Å². The number of anilines is 1. The molecule has 1 N–H and O–H groups in total. The molecule has 1 aliphatic carbocycles. The molecule has 3 amide bonds. The number of hydrogen-bond acceptors (Lipinski definition) is 10. The number of benzene rings is 1. The van der Waals surface area contributed by atoms with Crippen LogP contribution in [0.2, 0.25) is 0 Å². The first-order valence-corrected chi connectivity index (χ1v) is 20.0. The number of hydrogen-bond donors (Lipinski definition) is 1. The number of pyridine rings is 1. The number of ketones is 1. The first kappa shape index (κ1) is 42.3. The lowest BCUT2D eigenvalue weighted by atomic mass is 9.89. The van der Waals surface area contributed by atoms with Crippen LogP contribution >= 0.6 is 12.2 Å². The van der Waals surface area contributed by atoms with Crippen LogP contribution in [-0.2, 0) is 42.9 Å². The van der Waals surface area contributed by atoms with Gasteiger partial charge in [0.15, 0.2) is 16.6 Å². The minimum absolute atomic E-state index is 0.0284. The largest absolute Gasteiger partial charge is 0.419 e. The molecule has 3 aliphatic heterocycles. The van der Waals surface area contributed by atoms with E-state index in [1.165, 1.54) is 6.07 Å². The number of nitrogens with one attached hydrogen (secondary N) is 1. The summed E-state index contributed by atoms with van der Waals surface area (Å²) in [6.07, 6.45) is 0.890. The summed E-state index contributed by atoms with van der Waals surface area (Å²) >= 11 is 5.71. The number of imide groups is 1. The maximum absolute atomic E-state index is 13.7. The second-order valence-electron chi connectivity index (χ2n) is 16.4. The van der Waals surface area contributed by atoms with Crippen LogP contribution in [0, 0.1) is 17.2 Å². The van der Waals surface area contributed by atoms with Gasteiger partial charge in [-0.3, -0.25) is 39.2 Å². The first-order valence-electron chi connectivity index (χ1n) is 19.6. The minimum atomic E-state index is -4.82. The molecule has 4 aliphatic rings. The van der Waals surface area contributed by atoms with Gasteiger partial charge < -0.3 is 9.64 Å². The van der Waals surface area contributed by atoms with E-state index in [0.717, 1.165) is 60.8 Å². The van der Waals surface area contributed by atoms with Crippen molar-refractivity contribution in [3.05, 3.63) is 58.9 Å². The summed E-state index contributed by atoms with van der Waals surface area (Å²) in [5, 5.41) is 11.7. The minimum Gasteiger partial charge on any atom is -0.377 e. The van der Waals surface area contributed by atoms with Gasteiger partial charge in [0.2, 0.25) is 11.8 Å². The molecule has 1 saturated carbocycles. The summed E-state index contributed by atoms with van der Waals surface area (Å²) in [6.45, 7) is 11.0. The molecule has 3 saturated heterocycles. The fourth-order valence-electron chi connectivity index (χ4n) is 8.88. The first-order chi connectivity index (χ1) is 27.0. The maximum atomic E-state index is 13.7. The number of alkyl halides is 3. The summed E-state index contributed by atoms with van der Waals surface area (Å²) in [5.74, 6) is -1.02. The van der Waals surface area contributed by atoms with Gasteiger partial charge in [0, 0.05) is 56.5 Å². The molecule has 4 fully saturated rings. The number of thiocarbonyl (C=S) groups is 1. The number of halogens is 3. The zero-order valence-electron chi connectivity index (χ0n) is 32.8.